The average molecular weight is 367 g/mol. The van der Waals surface area contributed by atoms with E-state index in [1.807, 2.05) is 17.4 Å². The van der Waals surface area contributed by atoms with Crippen molar-refractivity contribution in [3.63, 3.8) is 0 Å². The molecule has 1 aromatic carbocycles. The van der Waals surface area contributed by atoms with E-state index in [9.17, 15) is 4.79 Å². The third kappa shape index (κ3) is 3.18. The van der Waals surface area contributed by atoms with E-state index in [-0.39, 0.29) is 5.91 Å². The number of nitrogens with one attached hydrogen (secondary N) is 2. The highest BCUT2D eigenvalue weighted by Gasteiger charge is 2.38. The van der Waals surface area contributed by atoms with Crippen LogP contribution in [0.25, 0.3) is 0 Å². The fourth-order valence-electron chi connectivity index (χ4n) is 4.12. The summed E-state index contributed by atoms with van der Waals surface area (Å²) in [5.74, 6) is 0.955. The Labute approximate surface area is 159 Å². The second kappa shape index (κ2) is 7.28. The molecule has 1 aromatic heterocycles. The van der Waals surface area contributed by atoms with Crippen molar-refractivity contribution in [3.8, 4) is 0 Å². The molecule has 3 nitrogen and oxygen atoms in total. The van der Waals surface area contributed by atoms with Gasteiger partial charge in [0.1, 0.15) is 0 Å². The normalized spacial score (nSPS) is 23.2. The summed E-state index contributed by atoms with van der Waals surface area (Å²) in [6.45, 7) is 5.05. The van der Waals surface area contributed by atoms with Gasteiger partial charge in [-0.3, -0.25) is 4.79 Å². The minimum atomic E-state index is 0.0378. The van der Waals surface area contributed by atoms with Gasteiger partial charge in [0.2, 0.25) is 0 Å². The summed E-state index contributed by atoms with van der Waals surface area (Å²) in [6, 6.07) is 10.9. The molecule has 2 aliphatic rings. The number of carbonyl (C=O) groups excluding carboxylic acids is 1. The molecule has 0 fully saturated rings. The van der Waals surface area contributed by atoms with Crippen molar-refractivity contribution in [2.45, 2.75) is 45.1 Å². The quantitative estimate of drug-likeness (QED) is 0.548. The molecular weight excluding hydrogens is 340 g/mol. The van der Waals surface area contributed by atoms with Gasteiger partial charge in [0.15, 0.2) is 0 Å². The van der Waals surface area contributed by atoms with Crippen LogP contribution < -0.4 is 10.6 Å². The number of hydrogen-bond donors (Lipinski definition) is 2. The molecule has 2 heterocycles. The molecule has 3 atom stereocenters. The predicted molar refractivity (Wildman–Crippen MR) is 109 cm³/mol. The topological polar surface area (TPSA) is 41.1 Å². The number of aryl methyl sites for hydroxylation is 1. The van der Waals surface area contributed by atoms with Crippen LogP contribution in [0.5, 0.6) is 0 Å². The van der Waals surface area contributed by atoms with Crippen molar-refractivity contribution < 1.29 is 4.79 Å². The Hall–Kier alpha value is -2.07. The van der Waals surface area contributed by atoms with Crippen LogP contribution in [0.15, 0.2) is 42.5 Å². The highest BCUT2D eigenvalue weighted by atomic mass is 32.1. The van der Waals surface area contributed by atoms with Crippen LogP contribution in [0.3, 0.4) is 0 Å². The van der Waals surface area contributed by atoms with E-state index in [0.717, 1.165) is 31.4 Å². The average Bonchev–Trinajstić information content (AvgIpc) is 3.30. The summed E-state index contributed by atoms with van der Waals surface area (Å²) in [5.41, 5.74) is 3.20. The zero-order valence-corrected chi connectivity index (χ0v) is 16.2. The zero-order valence-electron chi connectivity index (χ0n) is 15.4. The Morgan fingerprint density at radius 2 is 2.19 bits per heavy atom. The number of thiophene rings is 1. The highest BCUT2D eigenvalue weighted by molar-refractivity contribution is 7.12. The maximum atomic E-state index is 12.4. The van der Waals surface area contributed by atoms with E-state index in [4.69, 9.17) is 0 Å². The van der Waals surface area contributed by atoms with E-state index in [0.29, 0.717) is 17.9 Å². The summed E-state index contributed by atoms with van der Waals surface area (Å²) in [5, 5.41) is 6.78. The standard InChI is InChI=1S/C22H26N2OS/c1-3-4-12-23-22(25)15-9-10-19-18(13-15)16-6-5-7-17(16)21(24-19)20-11-8-14(2)26-20/h5-6,8-11,13,16-17,21,24H,3-4,7,12H2,1-2H3,(H,23,25). The second-order valence-corrected chi connectivity index (χ2v) is 8.65. The van der Waals surface area contributed by atoms with Crippen LogP contribution in [-0.2, 0) is 0 Å². The lowest BCUT2D eigenvalue weighted by atomic mass is 9.78. The molecule has 2 N–H and O–H groups in total. The fourth-order valence-corrected chi connectivity index (χ4v) is 5.12. The predicted octanol–water partition coefficient (Wildman–Crippen LogP) is 5.41. The van der Waals surface area contributed by atoms with Crippen LogP contribution >= 0.6 is 11.3 Å². The summed E-state index contributed by atoms with van der Waals surface area (Å²) < 4.78 is 0. The van der Waals surface area contributed by atoms with Crippen molar-refractivity contribution in [3.05, 3.63) is 63.4 Å². The van der Waals surface area contributed by atoms with Gasteiger partial charge in [-0.15, -0.1) is 11.3 Å². The minimum absolute atomic E-state index is 0.0378. The fraction of sp³-hybridized carbons (Fsp3) is 0.409. The molecule has 0 spiro atoms. The number of fused-ring (bicyclic) bond motifs is 3. The molecule has 0 bridgehead atoms. The smallest absolute Gasteiger partial charge is 0.251 e. The van der Waals surface area contributed by atoms with Gasteiger partial charge < -0.3 is 10.6 Å². The first-order chi connectivity index (χ1) is 12.7. The summed E-state index contributed by atoms with van der Waals surface area (Å²) >= 11 is 1.88. The number of benzene rings is 1. The van der Waals surface area contributed by atoms with E-state index in [2.05, 4.69) is 60.9 Å². The molecule has 0 saturated carbocycles. The van der Waals surface area contributed by atoms with Gasteiger partial charge in [0.05, 0.1) is 6.04 Å². The number of carbonyl (C=O) groups is 1. The van der Waals surface area contributed by atoms with Crippen molar-refractivity contribution in [2.24, 2.45) is 5.92 Å². The molecule has 1 amide bonds. The number of hydrogen-bond acceptors (Lipinski definition) is 3. The molecule has 26 heavy (non-hydrogen) atoms. The molecule has 2 aromatic rings. The molecule has 3 unspecified atom stereocenters. The van der Waals surface area contributed by atoms with Gasteiger partial charge in [-0.1, -0.05) is 25.5 Å². The third-order valence-corrected chi connectivity index (χ3v) is 6.59. The molecule has 0 saturated heterocycles. The molecular formula is C22H26N2OS. The van der Waals surface area contributed by atoms with Crippen LogP contribution in [-0.4, -0.2) is 12.5 Å². The maximum absolute atomic E-state index is 12.4. The Morgan fingerprint density at radius 1 is 1.31 bits per heavy atom. The zero-order chi connectivity index (χ0) is 18.1. The van der Waals surface area contributed by atoms with Gasteiger partial charge >= 0.3 is 0 Å². The number of unbranched alkanes of at least 4 members (excludes halogenated alkanes) is 1. The van der Waals surface area contributed by atoms with Gasteiger partial charge in [-0.05, 0) is 61.6 Å². The van der Waals surface area contributed by atoms with Gasteiger partial charge in [0.25, 0.3) is 5.91 Å². The monoisotopic (exact) mass is 366 g/mol. The first kappa shape index (κ1) is 17.3. The second-order valence-electron chi connectivity index (χ2n) is 7.34. The number of anilines is 1. The Balaban J connectivity index is 1.61. The highest BCUT2D eigenvalue weighted by Crippen LogP contribution is 2.50. The lowest BCUT2D eigenvalue weighted by Crippen LogP contribution is -2.29. The van der Waals surface area contributed by atoms with Crippen molar-refractivity contribution in [2.75, 3.05) is 11.9 Å². The van der Waals surface area contributed by atoms with Crippen molar-refractivity contribution >= 4 is 22.9 Å². The Bertz CT molecular complexity index is 838. The third-order valence-electron chi connectivity index (χ3n) is 5.51. The van der Waals surface area contributed by atoms with Gasteiger partial charge in [-0.25, -0.2) is 0 Å². The number of allylic oxidation sites excluding steroid dienone is 2. The lowest BCUT2D eigenvalue weighted by Gasteiger charge is -2.37. The minimum Gasteiger partial charge on any atom is -0.377 e. The van der Waals surface area contributed by atoms with E-state index < -0.39 is 0 Å². The largest absolute Gasteiger partial charge is 0.377 e. The van der Waals surface area contributed by atoms with Gasteiger partial charge in [-0.2, -0.15) is 0 Å². The number of rotatable bonds is 5. The molecule has 0 radical (unpaired) electrons. The SMILES string of the molecule is CCCCNC(=O)c1ccc2c(c1)C1C=CCC1C(c1ccc(C)s1)N2. The van der Waals surface area contributed by atoms with Crippen molar-refractivity contribution in [1.29, 1.82) is 0 Å². The first-order valence-corrected chi connectivity index (χ1v) is 10.4. The number of amides is 1. The molecule has 1 aliphatic carbocycles. The van der Waals surface area contributed by atoms with E-state index >= 15 is 0 Å². The Kier molecular flexibility index (Phi) is 4.86. The van der Waals surface area contributed by atoms with Gasteiger partial charge in [0, 0.05) is 33.5 Å². The van der Waals surface area contributed by atoms with E-state index in [1.165, 1.54) is 21.0 Å². The summed E-state index contributed by atoms with van der Waals surface area (Å²) in [4.78, 5) is 15.2. The lowest BCUT2D eigenvalue weighted by molar-refractivity contribution is 0.0953. The molecule has 4 heteroatoms. The van der Waals surface area contributed by atoms with Crippen LogP contribution in [0, 0.1) is 12.8 Å². The van der Waals surface area contributed by atoms with Crippen LogP contribution in [0.2, 0.25) is 0 Å². The summed E-state index contributed by atoms with van der Waals surface area (Å²) in [6.07, 6.45) is 7.83. The molecule has 1 aliphatic heterocycles. The first-order valence-electron chi connectivity index (χ1n) is 9.59. The van der Waals surface area contributed by atoms with E-state index in [1.54, 1.807) is 0 Å². The van der Waals surface area contributed by atoms with Crippen LogP contribution in [0.1, 0.15) is 63.8 Å². The van der Waals surface area contributed by atoms with Crippen LogP contribution in [0.4, 0.5) is 5.69 Å². The maximum Gasteiger partial charge on any atom is 0.251 e. The molecule has 4 rings (SSSR count). The van der Waals surface area contributed by atoms with Crippen molar-refractivity contribution in [1.82, 2.24) is 5.32 Å². The Morgan fingerprint density at radius 3 is 2.96 bits per heavy atom. The summed E-state index contributed by atoms with van der Waals surface area (Å²) in [7, 11) is 0. The molecule has 136 valence electrons.